The summed E-state index contributed by atoms with van der Waals surface area (Å²) < 4.78 is 5.08. The number of halogens is 1. The van der Waals surface area contributed by atoms with Crippen LogP contribution in [0.3, 0.4) is 0 Å². The second-order valence-corrected chi connectivity index (χ2v) is 6.46. The van der Waals surface area contributed by atoms with Gasteiger partial charge in [-0.1, -0.05) is 12.8 Å². The van der Waals surface area contributed by atoms with E-state index in [1.165, 1.54) is 6.42 Å². The molecule has 1 aliphatic carbocycles. The van der Waals surface area contributed by atoms with Gasteiger partial charge in [-0.15, -0.1) is 12.4 Å². The molecular weight excluding hydrogens is 340 g/mol. The van der Waals surface area contributed by atoms with E-state index in [4.69, 9.17) is 10.5 Å². The topological polar surface area (TPSA) is 81.4 Å². The Hall–Kier alpha value is -1.59. The van der Waals surface area contributed by atoms with E-state index >= 15 is 0 Å². The highest BCUT2D eigenvalue weighted by Gasteiger charge is 2.25. The highest BCUT2D eigenvalue weighted by molar-refractivity contribution is 5.96. The smallest absolute Gasteiger partial charge is 0.220 e. The molecule has 0 aliphatic heterocycles. The highest BCUT2D eigenvalue weighted by Crippen LogP contribution is 2.23. The average Bonchev–Trinajstić information content (AvgIpc) is 2.62. The van der Waals surface area contributed by atoms with Crippen LogP contribution in [0.2, 0.25) is 0 Å². The number of rotatable bonds is 8. The molecule has 1 aromatic rings. The Bertz CT molecular complexity index is 548. The maximum atomic E-state index is 12.1. The van der Waals surface area contributed by atoms with Crippen LogP contribution in [-0.4, -0.2) is 31.4 Å². The third-order valence-electron chi connectivity index (χ3n) is 4.78. The van der Waals surface area contributed by atoms with E-state index in [-0.39, 0.29) is 30.1 Å². The van der Waals surface area contributed by atoms with Crippen LogP contribution in [0.5, 0.6) is 5.75 Å². The number of carbonyl (C=O) groups is 2. The fraction of sp³-hybridized carbons (Fsp3) is 0.579. The quantitative estimate of drug-likeness (QED) is 0.691. The first-order valence-electron chi connectivity index (χ1n) is 8.80. The molecule has 1 fully saturated rings. The number of Topliss-reactive ketones (excluding diaryl/α,β-unsaturated/α-hetero) is 1. The van der Waals surface area contributed by atoms with Crippen LogP contribution in [0.25, 0.3) is 0 Å². The number of ketones is 1. The molecular formula is C19H29ClN2O3. The summed E-state index contributed by atoms with van der Waals surface area (Å²) >= 11 is 0. The lowest BCUT2D eigenvalue weighted by Crippen LogP contribution is -2.44. The third kappa shape index (κ3) is 6.67. The number of amides is 1. The van der Waals surface area contributed by atoms with Crippen LogP contribution < -0.4 is 15.8 Å². The van der Waals surface area contributed by atoms with Gasteiger partial charge in [-0.05, 0) is 56.0 Å². The van der Waals surface area contributed by atoms with Gasteiger partial charge in [-0.25, -0.2) is 0 Å². The molecule has 140 valence electrons. The number of nitrogens with one attached hydrogen (secondary N) is 1. The standard InChI is InChI=1S/C19H28N2O3.ClH/c1-24-16-11-9-14(10-12-16)18(22)7-4-8-19(23)21-17-6-3-2-5-15(17)13-20;/h9-12,15,17H,2-8,13,20H2,1H3,(H,21,23);1H. The molecule has 0 bridgehead atoms. The molecule has 2 atom stereocenters. The van der Waals surface area contributed by atoms with E-state index < -0.39 is 0 Å². The number of benzene rings is 1. The molecule has 5 nitrogen and oxygen atoms in total. The summed E-state index contributed by atoms with van der Waals surface area (Å²) in [6.07, 6.45) is 5.79. The first kappa shape index (κ1) is 21.5. The Balaban J connectivity index is 0.00000312. The lowest BCUT2D eigenvalue weighted by atomic mass is 9.84. The first-order chi connectivity index (χ1) is 11.6. The monoisotopic (exact) mass is 368 g/mol. The normalized spacial score (nSPS) is 19.6. The molecule has 0 aromatic heterocycles. The fourth-order valence-electron chi connectivity index (χ4n) is 3.29. The van der Waals surface area contributed by atoms with Gasteiger partial charge < -0.3 is 15.8 Å². The van der Waals surface area contributed by atoms with Crippen molar-refractivity contribution in [3.05, 3.63) is 29.8 Å². The largest absolute Gasteiger partial charge is 0.497 e. The zero-order valence-electron chi connectivity index (χ0n) is 14.8. The van der Waals surface area contributed by atoms with E-state index in [2.05, 4.69) is 5.32 Å². The molecule has 3 N–H and O–H groups in total. The van der Waals surface area contributed by atoms with Crippen molar-refractivity contribution in [1.82, 2.24) is 5.32 Å². The minimum absolute atomic E-state index is 0. The van der Waals surface area contributed by atoms with Gasteiger partial charge in [0.1, 0.15) is 5.75 Å². The number of hydrogen-bond donors (Lipinski definition) is 2. The molecule has 0 saturated heterocycles. The summed E-state index contributed by atoms with van der Waals surface area (Å²) in [5.41, 5.74) is 6.45. The molecule has 1 amide bonds. The van der Waals surface area contributed by atoms with Crippen LogP contribution in [0.4, 0.5) is 0 Å². The van der Waals surface area contributed by atoms with Crippen molar-refractivity contribution >= 4 is 24.1 Å². The Morgan fingerprint density at radius 3 is 2.48 bits per heavy atom. The Morgan fingerprint density at radius 2 is 1.84 bits per heavy atom. The molecule has 0 radical (unpaired) electrons. The molecule has 2 unspecified atom stereocenters. The summed E-state index contributed by atoms with van der Waals surface area (Å²) in [5.74, 6) is 1.21. The average molecular weight is 369 g/mol. The first-order valence-corrected chi connectivity index (χ1v) is 8.80. The maximum absolute atomic E-state index is 12.1. The van der Waals surface area contributed by atoms with E-state index in [9.17, 15) is 9.59 Å². The lowest BCUT2D eigenvalue weighted by molar-refractivity contribution is -0.122. The molecule has 1 aromatic carbocycles. The third-order valence-corrected chi connectivity index (χ3v) is 4.78. The van der Waals surface area contributed by atoms with Crippen molar-refractivity contribution in [1.29, 1.82) is 0 Å². The zero-order chi connectivity index (χ0) is 17.4. The van der Waals surface area contributed by atoms with Crippen molar-refractivity contribution in [2.75, 3.05) is 13.7 Å². The molecule has 0 heterocycles. The van der Waals surface area contributed by atoms with Crippen LogP contribution >= 0.6 is 12.4 Å². The summed E-state index contributed by atoms with van der Waals surface area (Å²) in [6.45, 7) is 0.626. The fourth-order valence-corrected chi connectivity index (χ4v) is 3.29. The molecule has 2 rings (SSSR count). The number of methoxy groups -OCH3 is 1. The van der Waals surface area contributed by atoms with Gasteiger partial charge in [0.15, 0.2) is 5.78 Å². The predicted octanol–water partition coefficient (Wildman–Crippen LogP) is 3.10. The van der Waals surface area contributed by atoms with Gasteiger partial charge in [0.2, 0.25) is 5.91 Å². The van der Waals surface area contributed by atoms with Crippen molar-refractivity contribution in [3.8, 4) is 5.75 Å². The summed E-state index contributed by atoms with van der Waals surface area (Å²) in [4.78, 5) is 24.2. The van der Waals surface area contributed by atoms with Crippen LogP contribution in [-0.2, 0) is 4.79 Å². The van der Waals surface area contributed by atoms with E-state index in [0.717, 1.165) is 25.0 Å². The predicted molar refractivity (Wildman–Crippen MR) is 101 cm³/mol. The molecule has 25 heavy (non-hydrogen) atoms. The summed E-state index contributed by atoms with van der Waals surface area (Å²) in [5, 5.41) is 3.10. The van der Waals surface area contributed by atoms with Gasteiger partial charge in [0, 0.05) is 24.4 Å². The highest BCUT2D eigenvalue weighted by atomic mass is 35.5. The second-order valence-electron chi connectivity index (χ2n) is 6.46. The van der Waals surface area contributed by atoms with Crippen molar-refractivity contribution < 1.29 is 14.3 Å². The Morgan fingerprint density at radius 1 is 1.16 bits per heavy atom. The van der Waals surface area contributed by atoms with E-state index in [0.29, 0.717) is 37.3 Å². The minimum atomic E-state index is 0. The minimum Gasteiger partial charge on any atom is -0.497 e. The van der Waals surface area contributed by atoms with E-state index in [1.807, 2.05) is 0 Å². The Kier molecular flexibility index (Phi) is 9.53. The van der Waals surface area contributed by atoms with Crippen LogP contribution in [0.15, 0.2) is 24.3 Å². The molecule has 1 aliphatic rings. The maximum Gasteiger partial charge on any atom is 0.220 e. The number of ether oxygens (including phenoxy) is 1. The number of carbonyl (C=O) groups excluding carboxylic acids is 2. The van der Waals surface area contributed by atoms with Crippen molar-refractivity contribution in [3.63, 3.8) is 0 Å². The number of nitrogens with two attached hydrogens (primary N) is 1. The summed E-state index contributed by atoms with van der Waals surface area (Å²) in [6, 6.07) is 7.27. The van der Waals surface area contributed by atoms with E-state index in [1.54, 1.807) is 31.4 Å². The SMILES string of the molecule is COc1ccc(C(=O)CCCC(=O)NC2CCCCC2CN)cc1.Cl. The van der Waals surface area contributed by atoms with Gasteiger partial charge in [-0.2, -0.15) is 0 Å². The molecule has 0 spiro atoms. The van der Waals surface area contributed by atoms with Gasteiger partial charge in [-0.3, -0.25) is 9.59 Å². The van der Waals surface area contributed by atoms with Crippen LogP contribution in [0, 0.1) is 5.92 Å². The molecule has 6 heteroatoms. The molecule has 1 saturated carbocycles. The summed E-state index contributed by atoms with van der Waals surface area (Å²) in [7, 11) is 1.59. The number of hydrogen-bond acceptors (Lipinski definition) is 4. The van der Waals surface area contributed by atoms with Crippen LogP contribution in [0.1, 0.15) is 55.3 Å². The zero-order valence-corrected chi connectivity index (χ0v) is 15.6. The van der Waals surface area contributed by atoms with Crippen molar-refractivity contribution in [2.24, 2.45) is 11.7 Å². The van der Waals surface area contributed by atoms with Crippen molar-refractivity contribution in [2.45, 2.75) is 51.0 Å². The van der Waals surface area contributed by atoms with Gasteiger partial charge >= 0.3 is 0 Å². The second kappa shape index (κ2) is 11.1. The Labute approximate surface area is 156 Å². The van der Waals surface area contributed by atoms with Gasteiger partial charge in [0.05, 0.1) is 7.11 Å². The lowest BCUT2D eigenvalue weighted by Gasteiger charge is -2.31. The van der Waals surface area contributed by atoms with Gasteiger partial charge in [0.25, 0.3) is 0 Å².